The standard InChI is InChI=1S/C26H39NO9/c1-7-10-20(28)34-18-13-12-17(14-19(18)35-21(29)11-8-2)22(23(27)24(30)31)16(4)15-33-25(32)36-26(5,6)9-3/h12-14,16,22-23H,7-11,15,27H2,1-6H3,(H,30,31)/t16?,22?,23-/m0/s1. The van der Waals surface area contributed by atoms with Crippen LogP contribution < -0.4 is 15.2 Å². The Morgan fingerprint density at radius 1 is 0.972 bits per heavy atom. The third kappa shape index (κ3) is 9.85. The van der Waals surface area contributed by atoms with E-state index >= 15 is 0 Å². The average molecular weight is 510 g/mol. The third-order valence-corrected chi connectivity index (χ3v) is 5.67. The Balaban J connectivity index is 3.28. The molecule has 0 aliphatic rings. The van der Waals surface area contributed by atoms with Crippen molar-refractivity contribution in [3.63, 3.8) is 0 Å². The third-order valence-electron chi connectivity index (χ3n) is 5.67. The zero-order chi connectivity index (χ0) is 27.5. The minimum Gasteiger partial charge on any atom is -0.480 e. The Morgan fingerprint density at radius 3 is 2.03 bits per heavy atom. The molecule has 0 bridgehead atoms. The van der Waals surface area contributed by atoms with Crippen LogP contribution in [0.25, 0.3) is 0 Å². The van der Waals surface area contributed by atoms with Crippen LogP contribution in [0.2, 0.25) is 0 Å². The van der Waals surface area contributed by atoms with Crippen molar-refractivity contribution in [2.75, 3.05) is 6.61 Å². The normalized spacial score (nSPS) is 13.8. The maximum absolute atomic E-state index is 12.2. The zero-order valence-corrected chi connectivity index (χ0v) is 22.0. The summed E-state index contributed by atoms with van der Waals surface area (Å²) in [5, 5.41) is 9.63. The second kappa shape index (κ2) is 14.4. The minimum absolute atomic E-state index is 0.0183. The lowest BCUT2D eigenvalue weighted by molar-refractivity contribution is -0.139. The van der Waals surface area contributed by atoms with Gasteiger partial charge < -0.3 is 29.8 Å². The Morgan fingerprint density at radius 2 is 1.53 bits per heavy atom. The molecule has 1 rings (SSSR count). The van der Waals surface area contributed by atoms with E-state index in [0.29, 0.717) is 24.8 Å². The molecule has 0 aromatic heterocycles. The summed E-state index contributed by atoms with van der Waals surface area (Å²) in [6, 6.07) is 3.06. The number of carboxylic acids is 1. The molecule has 0 amide bonds. The van der Waals surface area contributed by atoms with Gasteiger partial charge in [0.2, 0.25) is 0 Å². The lowest BCUT2D eigenvalue weighted by Gasteiger charge is -2.28. The van der Waals surface area contributed by atoms with Gasteiger partial charge in [0.25, 0.3) is 0 Å². The van der Waals surface area contributed by atoms with Gasteiger partial charge in [-0.25, -0.2) is 4.79 Å². The number of carbonyl (C=O) groups excluding carboxylic acids is 3. The van der Waals surface area contributed by atoms with Crippen molar-refractivity contribution in [1.29, 1.82) is 0 Å². The molecule has 0 aliphatic carbocycles. The first kappa shape index (κ1) is 30.9. The van der Waals surface area contributed by atoms with E-state index in [4.69, 9.17) is 24.7 Å². The van der Waals surface area contributed by atoms with Gasteiger partial charge >= 0.3 is 24.1 Å². The maximum Gasteiger partial charge on any atom is 0.508 e. The quantitative estimate of drug-likeness (QED) is 0.269. The molecule has 0 radical (unpaired) electrons. The summed E-state index contributed by atoms with van der Waals surface area (Å²) < 4.78 is 21.3. The van der Waals surface area contributed by atoms with Crippen LogP contribution in [0, 0.1) is 5.92 Å². The predicted molar refractivity (Wildman–Crippen MR) is 132 cm³/mol. The topological polar surface area (TPSA) is 151 Å². The summed E-state index contributed by atoms with van der Waals surface area (Å²) >= 11 is 0. The fraction of sp³-hybridized carbons (Fsp3) is 0.615. The highest BCUT2D eigenvalue weighted by molar-refractivity contribution is 5.77. The molecular formula is C26H39NO9. The average Bonchev–Trinajstić information content (AvgIpc) is 2.79. The molecule has 1 aromatic rings. The Bertz CT molecular complexity index is 913. The molecule has 0 saturated carbocycles. The van der Waals surface area contributed by atoms with E-state index in [1.807, 2.05) is 20.8 Å². The molecule has 0 saturated heterocycles. The largest absolute Gasteiger partial charge is 0.508 e. The number of esters is 2. The van der Waals surface area contributed by atoms with Gasteiger partial charge in [-0.05, 0) is 56.7 Å². The molecular weight excluding hydrogens is 470 g/mol. The van der Waals surface area contributed by atoms with Crippen LogP contribution in [-0.4, -0.2) is 47.4 Å². The highest BCUT2D eigenvalue weighted by Gasteiger charge is 2.33. The van der Waals surface area contributed by atoms with Crippen LogP contribution in [0.4, 0.5) is 4.79 Å². The lowest BCUT2D eigenvalue weighted by atomic mass is 9.82. The summed E-state index contributed by atoms with van der Waals surface area (Å²) in [5.74, 6) is -3.65. The van der Waals surface area contributed by atoms with Gasteiger partial charge in [0.15, 0.2) is 11.5 Å². The van der Waals surface area contributed by atoms with Crippen LogP contribution in [0.5, 0.6) is 11.5 Å². The summed E-state index contributed by atoms with van der Waals surface area (Å²) in [6.07, 6.45) is 1.16. The van der Waals surface area contributed by atoms with Gasteiger partial charge in [-0.2, -0.15) is 0 Å². The van der Waals surface area contributed by atoms with Crippen molar-refractivity contribution in [3.8, 4) is 11.5 Å². The number of nitrogens with two attached hydrogens (primary N) is 1. The number of aliphatic carboxylic acids is 1. The van der Waals surface area contributed by atoms with Crippen molar-refractivity contribution in [1.82, 2.24) is 0 Å². The van der Waals surface area contributed by atoms with E-state index in [1.165, 1.54) is 12.1 Å². The molecule has 10 heteroatoms. The summed E-state index contributed by atoms with van der Waals surface area (Å²) in [7, 11) is 0. The van der Waals surface area contributed by atoms with Gasteiger partial charge in [0.1, 0.15) is 11.6 Å². The summed E-state index contributed by atoms with van der Waals surface area (Å²) in [5.41, 5.74) is 5.72. The SMILES string of the molecule is CCCC(=O)Oc1ccc(C(C(C)COC(=O)OC(C)(C)CC)[C@H](N)C(=O)O)cc1OC(=O)CCC. The van der Waals surface area contributed by atoms with Gasteiger partial charge in [-0.3, -0.25) is 14.4 Å². The van der Waals surface area contributed by atoms with Crippen molar-refractivity contribution < 1.29 is 43.2 Å². The first-order valence-corrected chi connectivity index (χ1v) is 12.2. The van der Waals surface area contributed by atoms with Crippen LogP contribution in [0.15, 0.2) is 18.2 Å². The number of rotatable bonds is 14. The second-order valence-corrected chi connectivity index (χ2v) is 9.30. The molecule has 3 N–H and O–H groups in total. The number of ether oxygens (including phenoxy) is 4. The van der Waals surface area contributed by atoms with Crippen LogP contribution in [-0.2, 0) is 23.9 Å². The summed E-state index contributed by atoms with van der Waals surface area (Å²) in [4.78, 5) is 48.2. The van der Waals surface area contributed by atoms with Crippen molar-refractivity contribution in [2.45, 2.75) is 91.2 Å². The van der Waals surface area contributed by atoms with E-state index in [-0.39, 0.29) is 30.9 Å². The van der Waals surface area contributed by atoms with Gasteiger partial charge in [-0.15, -0.1) is 0 Å². The van der Waals surface area contributed by atoms with Gasteiger partial charge in [-0.1, -0.05) is 33.8 Å². The molecule has 36 heavy (non-hydrogen) atoms. The van der Waals surface area contributed by atoms with Crippen molar-refractivity contribution in [3.05, 3.63) is 23.8 Å². The number of benzene rings is 1. The van der Waals surface area contributed by atoms with Gasteiger partial charge in [0, 0.05) is 18.8 Å². The first-order valence-electron chi connectivity index (χ1n) is 12.2. The number of carbonyl (C=O) groups is 4. The fourth-order valence-electron chi connectivity index (χ4n) is 3.33. The Hall–Kier alpha value is -3.14. The molecule has 2 unspecified atom stereocenters. The van der Waals surface area contributed by atoms with Crippen LogP contribution in [0.1, 0.15) is 85.1 Å². The maximum atomic E-state index is 12.2. The summed E-state index contributed by atoms with van der Waals surface area (Å²) in [6.45, 7) is 10.5. The molecule has 10 nitrogen and oxygen atoms in total. The fourth-order valence-corrected chi connectivity index (χ4v) is 3.33. The van der Waals surface area contributed by atoms with Crippen LogP contribution >= 0.6 is 0 Å². The monoisotopic (exact) mass is 509 g/mol. The number of carboxylic acid groups (broad SMARTS) is 1. The van der Waals surface area contributed by atoms with Crippen molar-refractivity contribution in [2.24, 2.45) is 11.7 Å². The highest BCUT2D eigenvalue weighted by atomic mass is 16.7. The van der Waals surface area contributed by atoms with E-state index in [9.17, 15) is 24.3 Å². The van der Waals surface area contributed by atoms with Crippen molar-refractivity contribution >= 4 is 24.1 Å². The van der Waals surface area contributed by atoms with E-state index < -0.39 is 47.5 Å². The lowest BCUT2D eigenvalue weighted by Crippen LogP contribution is -2.41. The minimum atomic E-state index is -1.36. The van der Waals surface area contributed by atoms with E-state index in [1.54, 1.807) is 26.8 Å². The zero-order valence-electron chi connectivity index (χ0n) is 22.0. The number of hydrogen-bond donors (Lipinski definition) is 2. The van der Waals surface area contributed by atoms with Gasteiger partial charge in [0.05, 0.1) is 6.61 Å². The molecule has 1 aromatic carbocycles. The Kier molecular flexibility index (Phi) is 12.4. The van der Waals surface area contributed by atoms with E-state index in [2.05, 4.69) is 0 Å². The molecule has 0 fully saturated rings. The molecule has 0 heterocycles. The van der Waals surface area contributed by atoms with E-state index in [0.717, 1.165) is 0 Å². The first-order chi connectivity index (χ1) is 16.8. The predicted octanol–water partition coefficient (Wildman–Crippen LogP) is 4.57. The number of hydrogen-bond acceptors (Lipinski definition) is 9. The smallest absolute Gasteiger partial charge is 0.480 e. The molecule has 3 atom stereocenters. The second-order valence-electron chi connectivity index (χ2n) is 9.30. The molecule has 202 valence electrons. The highest BCUT2D eigenvalue weighted by Crippen LogP contribution is 2.36. The molecule has 0 spiro atoms. The molecule has 0 aliphatic heterocycles. The van der Waals surface area contributed by atoms with Crippen LogP contribution in [0.3, 0.4) is 0 Å². The Labute approximate surface area is 212 Å².